The summed E-state index contributed by atoms with van der Waals surface area (Å²) in [6.45, 7) is 10.3. The van der Waals surface area contributed by atoms with Gasteiger partial charge in [0.25, 0.3) is 0 Å². The minimum atomic E-state index is -4.82. The van der Waals surface area contributed by atoms with Crippen LogP contribution in [0.3, 0.4) is 0 Å². The Morgan fingerprint density at radius 3 is 2.59 bits per heavy atom. The quantitative estimate of drug-likeness (QED) is 0.303. The van der Waals surface area contributed by atoms with Crippen molar-refractivity contribution in [1.82, 2.24) is 0 Å². The Morgan fingerprint density at radius 1 is 1.41 bits per heavy atom. The first-order chi connectivity index (χ1) is 9.60. The van der Waals surface area contributed by atoms with Crippen LogP contribution in [0.15, 0.2) is 12.2 Å². The van der Waals surface area contributed by atoms with Gasteiger partial charge >= 0.3 is 29.6 Å². The first kappa shape index (κ1) is 18.9. The van der Waals surface area contributed by atoms with Crippen LogP contribution in [0.4, 0.5) is 0 Å². The van der Waals surface area contributed by atoms with Crippen molar-refractivity contribution in [3.63, 3.8) is 0 Å². The van der Waals surface area contributed by atoms with Crippen LogP contribution < -0.4 is 29.6 Å². The van der Waals surface area contributed by atoms with Crippen molar-refractivity contribution >= 4 is 10.4 Å². The van der Waals surface area contributed by atoms with Gasteiger partial charge in [0.2, 0.25) is 10.4 Å². The molecular formula is C15H23NaO5S. The number of hydrogen-bond donors (Lipinski definition) is 0. The van der Waals surface area contributed by atoms with E-state index in [9.17, 15) is 13.0 Å². The first-order valence-electron chi connectivity index (χ1n) is 7.64. The average Bonchev–Trinajstić information content (AvgIpc) is 2.75. The normalized spacial score (nSPS) is 44.0. The molecule has 3 aliphatic rings. The predicted molar refractivity (Wildman–Crippen MR) is 75.9 cm³/mol. The molecule has 2 aliphatic heterocycles. The SMILES string of the molecule is C=C1CC2(OS(=O)(=O)[O-])OC3(CC2C(C)C)C(C)CCC13.[Na+]. The minimum Gasteiger partial charge on any atom is -0.725 e. The van der Waals surface area contributed by atoms with Gasteiger partial charge in [0.1, 0.15) is 0 Å². The standard InChI is InChI=1S/C15H24O5S.Na/c1-9(2)13-8-14-11(4)5-6-12(14)10(3)7-15(13,19-14)20-21(16,17)18;/h9,11-13H,3,5-8H2,1-2,4H3,(H,16,17,18);/q;+1/p-1. The molecule has 0 aromatic heterocycles. The summed E-state index contributed by atoms with van der Waals surface area (Å²) in [7, 11) is -4.82. The van der Waals surface area contributed by atoms with E-state index in [-0.39, 0.29) is 47.3 Å². The van der Waals surface area contributed by atoms with Crippen LogP contribution >= 0.6 is 0 Å². The summed E-state index contributed by atoms with van der Waals surface area (Å²) in [4.78, 5) is 0. The van der Waals surface area contributed by atoms with Crippen LogP contribution in [-0.4, -0.2) is 24.4 Å². The van der Waals surface area contributed by atoms with Crippen molar-refractivity contribution in [3.05, 3.63) is 12.2 Å². The van der Waals surface area contributed by atoms with Gasteiger partial charge in [0.05, 0.1) is 5.60 Å². The Hall–Kier alpha value is 0.570. The molecule has 0 aromatic carbocycles. The van der Waals surface area contributed by atoms with E-state index in [1.165, 1.54) is 0 Å². The van der Waals surface area contributed by atoms with E-state index in [4.69, 9.17) is 8.92 Å². The molecule has 2 heterocycles. The molecule has 5 atom stereocenters. The maximum Gasteiger partial charge on any atom is 1.00 e. The largest absolute Gasteiger partial charge is 1.00 e. The molecule has 0 amide bonds. The monoisotopic (exact) mass is 338 g/mol. The van der Waals surface area contributed by atoms with E-state index >= 15 is 0 Å². The fourth-order valence-electron chi connectivity index (χ4n) is 4.88. The minimum absolute atomic E-state index is 0. The second-order valence-corrected chi connectivity index (χ2v) is 8.26. The van der Waals surface area contributed by atoms with Gasteiger partial charge in [-0.05, 0) is 31.1 Å². The van der Waals surface area contributed by atoms with Crippen LogP contribution in [0.2, 0.25) is 0 Å². The van der Waals surface area contributed by atoms with Gasteiger partial charge in [0.15, 0.2) is 5.79 Å². The van der Waals surface area contributed by atoms with Crippen molar-refractivity contribution in [3.8, 4) is 0 Å². The molecule has 1 saturated carbocycles. The van der Waals surface area contributed by atoms with Gasteiger partial charge in [-0.1, -0.05) is 32.9 Å². The number of ether oxygens (including phenoxy) is 1. The number of hydrogen-bond acceptors (Lipinski definition) is 5. The van der Waals surface area contributed by atoms with Crippen molar-refractivity contribution in [2.24, 2.45) is 23.7 Å². The summed E-state index contributed by atoms with van der Waals surface area (Å²) in [5, 5.41) is 0. The third-order valence-electron chi connectivity index (χ3n) is 5.79. The maximum absolute atomic E-state index is 11.2. The molecule has 0 N–H and O–H groups in total. The maximum atomic E-state index is 11.2. The van der Waals surface area contributed by atoms with Gasteiger partial charge in [-0.15, -0.1) is 0 Å². The molecule has 22 heavy (non-hydrogen) atoms. The zero-order valence-electron chi connectivity index (χ0n) is 13.8. The Bertz CT molecular complexity index is 574. The van der Waals surface area contributed by atoms with Gasteiger partial charge in [-0.3, -0.25) is 0 Å². The topological polar surface area (TPSA) is 75.7 Å². The molecule has 5 nitrogen and oxygen atoms in total. The van der Waals surface area contributed by atoms with E-state index < -0.39 is 21.8 Å². The van der Waals surface area contributed by atoms with Crippen LogP contribution in [0.5, 0.6) is 0 Å². The van der Waals surface area contributed by atoms with Crippen LogP contribution in [-0.2, 0) is 19.3 Å². The molecule has 120 valence electrons. The third kappa shape index (κ3) is 2.75. The second kappa shape index (κ2) is 5.83. The summed E-state index contributed by atoms with van der Waals surface area (Å²) < 4.78 is 45.0. The number of rotatable bonds is 3. The van der Waals surface area contributed by atoms with Crippen LogP contribution in [0, 0.1) is 23.7 Å². The summed E-state index contributed by atoms with van der Waals surface area (Å²) in [5.74, 6) is -0.710. The Kier molecular flexibility index (Phi) is 5.01. The van der Waals surface area contributed by atoms with E-state index in [0.29, 0.717) is 12.3 Å². The van der Waals surface area contributed by atoms with Gasteiger partial charge in [-0.2, -0.15) is 0 Å². The molecule has 1 aliphatic carbocycles. The van der Waals surface area contributed by atoms with Crippen LogP contribution in [0.1, 0.15) is 46.5 Å². The molecule has 1 spiro atoms. The molecule has 0 aromatic rings. The zero-order valence-corrected chi connectivity index (χ0v) is 16.6. The molecule has 3 rings (SSSR count). The molecule has 2 saturated heterocycles. The van der Waals surface area contributed by atoms with Crippen molar-refractivity contribution in [2.75, 3.05) is 0 Å². The fraction of sp³-hybridized carbons (Fsp3) is 0.867. The smallest absolute Gasteiger partial charge is 0.725 e. The Labute approximate surface area is 155 Å². The summed E-state index contributed by atoms with van der Waals surface area (Å²) in [6.07, 6.45) is 3.10. The zero-order chi connectivity index (χ0) is 15.6. The molecule has 5 unspecified atom stereocenters. The van der Waals surface area contributed by atoms with Crippen LogP contribution in [0.25, 0.3) is 0 Å². The van der Waals surface area contributed by atoms with E-state index in [2.05, 4.69) is 13.5 Å². The molecule has 0 radical (unpaired) electrons. The summed E-state index contributed by atoms with van der Waals surface area (Å²) in [5.41, 5.74) is 0.562. The van der Waals surface area contributed by atoms with E-state index in [1.807, 2.05) is 13.8 Å². The van der Waals surface area contributed by atoms with Crippen molar-refractivity contribution in [2.45, 2.75) is 57.8 Å². The van der Waals surface area contributed by atoms with Gasteiger partial charge in [-0.25, -0.2) is 12.6 Å². The van der Waals surface area contributed by atoms with Gasteiger partial charge < -0.3 is 9.29 Å². The molecule has 7 heteroatoms. The fourth-order valence-corrected chi connectivity index (χ4v) is 5.45. The molecule has 2 bridgehead atoms. The Balaban J connectivity index is 0.00000176. The second-order valence-electron chi connectivity index (χ2n) is 7.28. The first-order valence-corrected chi connectivity index (χ1v) is 8.97. The average molecular weight is 338 g/mol. The summed E-state index contributed by atoms with van der Waals surface area (Å²) >= 11 is 0. The Morgan fingerprint density at radius 2 is 2.05 bits per heavy atom. The summed E-state index contributed by atoms with van der Waals surface area (Å²) in [6, 6.07) is 0. The third-order valence-corrected chi connectivity index (χ3v) is 6.28. The van der Waals surface area contributed by atoms with E-state index in [1.54, 1.807) is 0 Å². The van der Waals surface area contributed by atoms with Gasteiger partial charge in [0, 0.05) is 18.3 Å². The predicted octanol–water partition coefficient (Wildman–Crippen LogP) is -0.399. The van der Waals surface area contributed by atoms with E-state index in [0.717, 1.165) is 24.8 Å². The van der Waals surface area contributed by atoms with Crippen molar-refractivity contribution in [1.29, 1.82) is 0 Å². The molecule has 3 fully saturated rings. The number of fused-ring (bicyclic) bond motifs is 1. The molecular weight excluding hydrogens is 315 g/mol. The van der Waals surface area contributed by atoms with Crippen molar-refractivity contribution < 1.29 is 51.4 Å².